The first-order valence-electron chi connectivity index (χ1n) is 14.4. The average Bonchev–Trinajstić information content (AvgIpc) is 2.81. The minimum atomic E-state index is -0.452. The van der Waals surface area contributed by atoms with Crippen molar-refractivity contribution in [2.45, 2.75) is 126 Å². The van der Waals surface area contributed by atoms with Crippen molar-refractivity contribution in [1.82, 2.24) is 9.80 Å². The Kier molecular flexibility index (Phi) is 8.70. The van der Waals surface area contributed by atoms with Crippen LogP contribution in [0.5, 0.6) is 11.5 Å². The molecule has 2 amide bonds. The van der Waals surface area contributed by atoms with Gasteiger partial charge in [0.05, 0.1) is 11.1 Å². The van der Waals surface area contributed by atoms with E-state index in [1.54, 1.807) is 0 Å². The predicted octanol–water partition coefficient (Wildman–Crippen LogP) is 7.76. The van der Waals surface area contributed by atoms with Gasteiger partial charge in [0.1, 0.15) is 11.5 Å². The van der Waals surface area contributed by atoms with Crippen LogP contribution in [0.4, 0.5) is 0 Å². The maximum absolute atomic E-state index is 14.2. The zero-order valence-electron chi connectivity index (χ0n) is 25.7. The lowest BCUT2D eigenvalue weighted by Crippen LogP contribution is -2.43. The number of rotatable bonds is 8. The molecule has 0 aliphatic carbocycles. The van der Waals surface area contributed by atoms with E-state index in [0.29, 0.717) is 35.5 Å². The van der Waals surface area contributed by atoms with E-state index in [-0.39, 0.29) is 36.0 Å². The Bertz CT molecular complexity index is 1100. The average molecular weight is 521 g/mol. The number of carbonyl (C=O) groups excluding carboxylic acids is 2. The van der Waals surface area contributed by atoms with E-state index < -0.39 is 5.41 Å². The van der Waals surface area contributed by atoms with E-state index in [4.69, 9.17) is 4.74 Å². The van der Waals surface area contributed by atoms with Crippen molar-refractivity contribution in [2.75, 3.05) is 0 Å². The number of benzene rings is 2. The minimum absolute atomic E-state index is 0.0199. The molecule has 1 heterocycles. The third kappa shape index (κ3) is 4.97. The van der Waals surface area contributed by atoms with Crippen molar-refractivity contribution in [3.63, 3.8) is 0 Å². The molecule has 2 aromatic carbocycles. The highest BCUT2D eigenvalue weighted by molar-refractivity contribution is 6.02. The molecule has 0 radical (unpaired) electrons. The molecule has 0 atom stereocenters. The van der Waals surface area contributed by atoms with Crippen LogP contribution in [0.25, 0.3) is 0 Å². The molecule has 0 bridgehead atoms. The standard InChI is InChI=1S/C33H48N2O3/c1-13-23-15-17-25-29(27(23)31(36)34(19(3)4)20(5)6)38-30-26(33(25,11)12)18-16-24(14-2)28(30)32(37)35(21(7)8)22(9)10/h15-22H,13-14H2,1-12H3. The molecule has 1 aliphatic rings. The van der Waals surface area contributed by atoms with Crippen LogP contribution in [0.1, 0.15) is 126 Å². The second kappa shape index (κ2) is 11.1. The number of nitrogens with zero attached hydrogens (tertiary/aromatic N) is 2. The SMILES string of the molecule is CCc1ccc2c(c1C(=O)N(C(C)C)C(C)C)Oc1c(ccc(CC)c1C(=O)N(C(C)C)C(C)C)C2(C)C. The summed E-state index contributed by atoms with van der Waals surface area (Å²) in [5, 5.41) is 0. The van der Waals surface area contributed by atoms with Crippen molar-refractivity contribution in [3.05, 3.63) is 57.6 Å². The summed E-state index contributed by atoms with van der Waals surface area (Å²) in [6.45, 7) is 24.9. The molecule has 0 unspecified atom stereocenters. The second-order valence-electron chi connectivity index (χ2n) is 12.2. The maximum atomic E-state index is 14.2. The molecule has 5 heteroatoms. The van der Waals surface area contributed by atoms with Crippen LogP contribution in [-0.2, 0) is 18.3 Å². The smallest absolute Gasteiger partial charge is 0.258 e. The van der Waals surface area contributed by atoms with E-state index >= 15 is 0 Å². The van der Waals surface area contributed by atoms with Gasteiger partial charge in [0, 0.05) is 40.7 Å². The van der Waals surface area contributed by atoms with E-state index in [2.05, 4.69) is 107 Å². The van der Waals surface area contributed by atoms with Gasteiger partial charge >= 0.3 is 0 Å². The Morgan fingerprint density at radius 1 is 0.658 bits per heavy atom. The highest BCUT2D eigenvalue weighted by atomic mass is 16.5. The summed E-state index contributed by atoms with van der Waals surface area (Å²) in [7, 11) is 0. The van der Waals surface area contributed by atoms with Crippen LogP contribution in [0.2, 0.25) is 0 Å². The van der Waals surface area contributed by atoms with Crippen LogP contribution in [0.3, 0.4) is 0 Å². The number of fused-ring (bicyclic) bond motifs is 2. The van der Waals surface area contributed by atoms with E-state index in [9.17, 15) is 9.59 Å². The minimum Gasteiger partial charge on any atom is -0.455 e. The summed E-state index contributed by atoms with van der Waals surface area (Å²) < 4.78 is 6.83. The van der Waals surface area contributed by atoms with Crippen LogP contribution in [0, 0.1) is 0 Å². The number of aryl methyl sites for hydroxylation is 2. The van der Waals surface area contributed by atoms with Gasteiger partial charge in [0.15, 0.2) is 0 Å². The van der Waals surface area contributed by atoms with Gasteiger partial charge in [-0.15, -0.1) is 0 Å². The molecule has 0 aromatic heterocycles. The molecular formula is C33H48N2O3. The molecular weight excluding hydrogens is 472 g/mol. The van der Waals surface area contributed by atoms with Gasteiger partial charge < -0.3 is 14.5 Å². The van der Waals surface area contributed by atoms with Gasteiger partial charge in [-0.25, -0.2) is 0 Å². The van der Waals surface area contributed by atoms with E-state index in [1.807, 2.05) is 9.80 Å². The Morgan fingerprint density at radius 2 is 0.974 bits per heavy atom. The number of ether oxygens (including phenoxy) is 1. The monoisotopic (exact) mass is 520 g/mol. The third-order valence-corrected chi connectivity index (χ3v) is 7.92. The zero-order valence-corrected chi connectivity index (χ0v) is 25.7. The quantitative estimate of drug-likeness (QED) is 0.357. The van der Waals surface area contributed by atoms with Crippen LogP contribution < -0.4 is 4.74 Å². The van der Waals surface area contributed by atoms with Crippen LogP contribution >= 0.6 is 0 Å². The molecule has 0 N–H and O–H groups in total. The van der Waals surface area contributed by atoms with E-state index in [0.717, 1.165) is 22.3 Å². The highest BCUT2D eigenvalue weighted by Crippen LogP contribution is 2.52. The fourth-order valence-corrected chi connectivity index (χ4v) is 6.14. The second-order valence-corrected chi connectivity index (χ2v) is 12.2. The summed E-state index contributed by atoms with van der Waals surface area (Å²) in [4.78, 5) is 32.3. The normalized spacial score (nSPS) is 14.0. The van der Waals surface area contributed by atoms with Gasteiger partial charge in [-0.05, 0) is 79.4 Å². The molecule has 0 spiro atoms. The van der Waals surface area contributed by atoms with Crippen LogP contribution in [0.15, 0.2) is 24.3 Å². The largest absolute Gasteiger partial charge is 0.455 e. The predicted molar refractivity (Wildman–Crippen MR) is 157 cm³/mol. The van der Waals surface area contributed by atoms with Crippen molar-refractivity contribution >= 4 is 11.8 Å². The topological polar surface area (TPSA) is 49.9 Å². The molecule has 38 heavy (non-hydrogen) atoms. The Labute approximate surface area is 230 Å². The molecule has 0 fully saturated rings. The Hall–Kier alpha value is -2.82. The van der Waals surface area contributed by atoms with Crippen molar-refractivity contribution in [2.24, 2.45) is 0 Å². The highest BCUT2D eigenvalue weighted by Gasteiger charge is 2.41. The first-order chi connectivity index (χ1) is 17.7. The van der Waals surface area contributed by atoms with Gasteiger partial charge in [-0.1, -0.05) is 52.0 Å². The lowest BCUT2D eigenvalue weighted by atomic mass is 9.73. The number of carbonyl (C=O) groups is 2. The molecule has 0 saturated carbocycles. The Morgan fingerprint density at radius 3 is 1.24 bits per heavy atom. The van der Waals surface area contributed by atoms with Crippen LogP contribution in [-0.4, -0.2) is 45.8 Å². The Balaban J connectivity index is 2.37. The van der Waals surface area contributed by atoms with Gasteiger partial charge in [0.2, 0.25) is 0 Å². The van der Waals surface area contributed by atoms with Crippen molar-refractivity contribution in [3.8, 4) is 11.5 Å². The molecule has 3 rings (SSSR count). The first-order valence-corrected chi connectivity index (χ1v) is 14.4. The molecule has 1 aliphatic heterocycles. The van der Waals surface area contributed by atoms with Crippen molar-refractivity contribution < 1.29 is 14.3 Å². The molecule has 0 saturated heterocycles. The summed E-state index contributed by atoms with van der Waals surface area (Å²) in [5.74, 6) is 1.16. The van der Waals surface area contributed by atoms with E-state index in [1.165, 1.54) is 0 Å². The molecule has 5 nitrogen and oxygen atoms in total. The number of hydrogen-bond donors (Lipinski definition) is 0. The number of hydrogen-bond acceptors (Lipinski definition) is 3. The first kappa shape index (κ1) is 29.7. The lowest BCUT2D eigenvalue weighted by Gasteiger charge is -2.39. The molecule has 2 aromatic rings. The summed E-state index contributed by atoms with van der Waals surface area (Å²) in [6, 6.07) is 8.53. The maximum Gasteiger partial charge on any atom is 0.258 e. The van der Waals surface area contributed by atoms with Gasteiger partial charge in [0.25, 0.3) is 11.8 Å². The van der Waals surface area contributed by atoms with Crippen molar-refractivity contribution in [1.29, 1.82) is 0 Å². The van der Waals surface area contributed by atoms with Gasteiger partial charge in [-0.2, -0.15) is 0 Å². The third-order valence-electron chi connectivity index (χ3n) is 7.92. The zero-order chi connectivity index (χ0) is 28.7. The van der Waals surface area contributed by atoms with Gasteiger partial charge in [-0.3, -0.25) is 9.59 Å². The summed E-state index contributed by atoms with van der Waals surface area (Å²) >= 11 is 0. The summed E-state index contributed by atoms with van der Waals surface area (Å²) in [5.41, 5.74) is 4.67. The number of amides is 2. The fourth-order valence-electron chi connectivity index (χ4n) is 6.14. The summed E-state index contributed by atoms with van der Waals surface area (Å²) in [6.07, 6.45) is 1.43. The fraction of sp³-hybridized carbons (Fsp3) is 0.576. The molecule has 208 valence electrons. The lowest BCUT2D eigenvalue weighted by molar-refractivity contribution is 0.0634.